The summed E-state index contributed by atoms with van der Waals surface area (Å²) in [5.74, 6) is 0.453. The van der Waals surface area contributed by atoms with Crippen LogP contribution in [0.3, 0.4) is 0 Å². The number of nitrogens with two attached hydrogens (primary N) is 1. The van der Waals surface area contributed by atoms with Crippen molar-refractivity contribution in [3.05, 3.63) is 0 Å². The third kappa shape index (κ3) is 4.74. The highest BCUT2D eigenvalue weighted by Gasteiger charge is 2.53. The van der Waals surface area contributed by atoms with Gasteiger partial charge in [-0.05, 0) is 55.8 Å². The summed E-state index contributed by atoms with van der Waals surface area (Å²) < 4.78 is 0. The van der Waals surface area contributed by atoms with Gasteiger partial charge in [-0.3, -0.25) is 14.5 Å². The summed E-state index contributed by atoms with van der Waals surface area (Å²) in [6, 6.07) is -0.494. The molecule has 4 N–H and O–H groups in total. The van der Waals surface area contributed by atoms with Crippen molar-refractivity contribution in [2.24, 2.45) is 23.0 Å². The maximum Gasteiger partial charge on any atom is 0.325 e. The lowest BCUT2D eigenvalue weighted by molar-refractivity contribution is -0.136. The Labute approximate surface area is 167 Å². The van der Waals surface area contributed by atoms with Crippen LogP contribution in [0.2, 0.25) is 0 Å². The van der Waals surface area contributed by atoms with Gasteiger partial charge in [0.2, 0.25) is 5.91 Å². The van der Waals surface area contributed by atoms with Crippen molar-refractivity contribution < 1.29 is 14.4 Å². The summed E-state index contributed by atoms with van der Waals surface area (Å²) in [6.07, 6.45) is 5.33. The Hall–Kier alpha value is -1.34. The summed E-state index contributed by atoms with van der Waals surface area (Å²) in [4.78, 5) is 38.4. The van der Waals surface area contributed by atoms with Crippen LogP contribution < -0.4 is 16.4 Å². The van der Waals surface area contributed by atoms with E-state index >= 15 is 0 Å². The highest BCUT2D eigenvalue weighted by Crippen LogP contribution is 2.43. The Morgan fingerprint density at radius 2 is 1.85 bits per heavy atom. The molecule has 3 aliphatic rings. The smallest absolute Gasteiger partial charge is 0.325 e. The second-order valence-electron chi connectivity index (χ2n) is 9.35. The van der Waals surface area contributed by atoms with Gasteiger partial charge in [-0.2, -0.15) is 0 Å². The zero-order valence-corrected chi connectivity index (χ0v) is 17.4. The lowest BCUT2D eigenvalue weighted by Crippen LogP contribution is -2.51. The van der Waals surface area contributed by atoms with Gasteiger partial charge in [-0.15, -0.1) is 12.4 Å². The molecule has 3 fully saturated rings. The third-order valence-electron chi connectivity index (χ3n) is 6.37. The van der Waals surface area contributed by atoms with E-state index in [4.69, 9.17) is 5.73 Å². The van der Waals surface area contributed by atoms with Gasteiger partial charge in [0.25, 0.3) is 5.91 Å². The lowest BCUT2D eigenvalue weighted by atomic mass is 9.67. The molecule has 1 saturated heterocycles. The van der Waals surface area contributed by atoms with Crippen molar-refractivity contribution >= 4 is 30.3 Å². The second-order valence-corrected chi connectivity index (χ2v) is 9.35. The van der Waals surface area contributed by atoms with E-state index in [1.54, 1.807) is 0 Å². The molecule has 0 aromatic rings. The van der Waals surface area contributed by atoms with Gasteiger partial charge < -0.3 is 16.4 Å². The minimum Gasteiger partial charge on any atom is -0.353 e. The van der Waals surface area contributed by atoms with E-state index in [9.17, 15) is 14.4 Å². The SMILES string of the molecule is CC(C)(C)C1CCC2(CC1)NC(=O)N(CC(=O)NCC(N)C1CC1)C2=O.Cl. The van der Waals surface area contributed by atoms with Gasteiger partial charge in [-0.25, -0.2) is 4.79 Å². The summed E-state index contributed by atoms with van der Waals surface area (Å²) >= 11 is 0. The van der Waals surface area contributed by atoms with Crippen molar-refractivity contribution in [3.63, 3.8) is 0 Å². The van der Waals surface area contributed by atoms with E-state index in [1.165, 1.54) is 0 Å². The fraction of sp³-hybridized carbons (Fsp3) is 0.842. The molecular weight excluding hydrogens is 368 g/mol. The van der Waals surface area contributed by atoms with Crippen molar-refractivity contribution in [1.82, 2.24) is 15.5 Å². The maximum absolute atomic E-state index is 12.9. The third-order valence-corrected chi connectivity index (χ3v) is 6.37. The number of imide groups is 1. The topological polar surface area (TPSA) is 105 Å². The average molecular weight is 401 g/mol. The lowest BCUT2D eigenvalue weighted by Gasteiger charge is -2.40. The fourth-order valence-electron chi connectivity index (χ4n) is 4.26. The van der Waals surface area contributed by atoms with Gasteiger partial charge in [0.15, 0.2) is 0 Å². The Balaban J connectivity index is 0.00000261. The Kier molecular flexibility index (Phi) is 6.47. The first-order chi connectivity index (χ1) is 12.1. The van der Waals surface area contributed by atoms with Crippen LogP contribution in [0.25, 0.3) is 0 Å². The van der Waals surface area contributed by atoms with Crippen LogP contribution in [0.5, 0.6) is 0 Å². The normalized spacial score (nSPS) is 29.3. The van der Waals surface area contributed by atoms with E-state index in [-0.39, 0.29) is 42.2 Å². The second kappa shape index (κ2) is 7.95. The van der Waals surface area contributed by atoms with Crippen molar-refractivity contribution in [2.45, 2.75) is 70.9 Å². The van der Waals surface area contributed by atoms with Crippen molar-refractivity contribution in [1.29, 1.82) is 0 Å². The van der Waals surface area contributed by atoms with Crippen LogP contribution in [-0.2, 0) is 9.59 Å². The molecule has 1 aliphatic heterocycles. The number of nitrogens with zero attached hydrogens (tertiary/aromatic N) is 1. The van der Waals surface area contributed by atoms with Crippen LogP contribution in [-0.4, -0.2) is 47.4 Å². The number of carbonyl (C=O) groups is 3. The van der Waals surface area contributed by atoms with E-state index in [0.717, 1.165) is 30.6 Å². The summed E-state index contributed by atoms with van der Waals surface area (Å²) in [7, 11) is 0. The van der Waals surface area contributed by atoms with Crippen LogP contribution in [0.15, 0.2) is 0 Å². The quantitative estimate of drug-likeness (QED) is 0.612. The Morgan fingerprint density at radius 1 is 1.26 bits per heavy atom. The van der Waals surface area contributed by atoms with Crippen LogP contribution >= 0.6 is 12.4 Å². The molecule has 1 unspecified atom stereocenters. The number of rotatable bonds is 5. The van der Waals surface area contributed by atoms with E-state index in [1.807, 2.05) is 0 Å². The highest BCUT2D eigenvalue weighted by atomic mass is 35.5. The van der Waals surface area contributed by atoms with Gasteiger partial charge in [-0.1, -0.05) is 20.8 Å². The molecular formula is C19H33ClN4O3. The number of halogens is 1. The molecule has 3 rings (SSSR count). The molecule has 2 saturated carbocycles. The molecule has 0 aromatic carbocycles. The van der Waals surface area contributed by atoms with Crippen LogP contribution in [0, 0.1) is 17.3 Å². The molecule has 27 heavy (non-hydrogen) atoms. The molecule has 0 aromatic heterocycles. The van der Waals surface area contributed by atoms with Gasteiger partial charge in [0, 0.05) is 12.6 Å². The highest BCUT2D eigenvalue weighted by molar-refractivity contribution is 6.09. The molecule has 0 radical (unpaired) electrons. The zero-order chi connectivity index (χ0) is 19.1. The minimum atomic E-state index is -0.816. The van der Waals surface area contributed by atoms with Gasteiger partial charge >= 0.3 is 6.03 Å². The molecule has 2 aliphatic carbocycles. The standard InChI is InChI=1S/C19H32N4O3.ClH/c1-18(2,3)13-6-8-19(9-7-13)16(25)23(17(26)22-19)11-15(24)21-10-14(20)12-4-5-12;/h12-14H,4-11,20H2,1-3H3,(H,21,24)(H,22,26);1H. The van der Waals surface area contributed by atoms with E-state index in [2.05, 4.69) is 31.4 Å². The Bertz CT molecular complexity index is 592. The molecule has 1 heterocycles. The summed E-state index contributed by atoms with van der Waals surface area (Å²) in [5.41, 5.74) is 5.36. The van der Waals surface area contributed by atoms with E-state index in [0.29, 0.717) is 31.2 Å². The first-order valence-corrected chi connectivity index (χ1v) is 9.79. The van der Waals surface area contributed by atoms with E-state index < -0.39 is 11.6 Å². The molecule has 8 heteroatoms. The van der Waals surface area contributed by atoms with Crippen molar-refractivity contribution in [2.75, 3.05) is 13.1 Å². The average Bonchev–Trinajstić information content (AvgIpc) is 3.38. The predicted molar refractivity (Wildman–Crippen MR) is 105 cm³/mol. The number of hydrogen-bond donors (Lipinski definition) is 3. The first kappa shape index (κ1) is 22.0. The summed E-state index contributed by atoms with van der Waals surface area (Å²) in [5, 5.41) is 5.62. The van der Waals surface area contributed by atoms with Crippen LogP contribution in [0.1, 0.15) is 59.3 Å². The zero-order valence-electron chi connectivity index (χ0n) is 16.5. The van der Waals surface area contributed by atoms with Gasteiger partial charge in [0.05, 0.1) is 0 Å². The molecule has 1 spiro atoms. The molecule has 154 valence electrons. The molecule has 0 bridgehead atoms. The molecule has 1 atom stereocenters. The monoisotopic (exact) mass is 400 g/mol. The number of amides is 4. The largest absolute Gasteiger partial charge is 0.353 e. The van der Waals surface area contributed by atoms with Gasteiger partial charge in [0.1, 0.15) is 12.1 Å². The maximum atomic E-state index is 12.9. The first-order valence-electron chi connectivity index (χ1n) is 9.79. The molecule has 7 nitrogen and oxygen atoms in total. The molecule has 4 amide bonds. The van der Waals surface area contributed by atoms with Crippen molar-refractivity contribution in [3.8, 4) is 0 Å². The number of hydrogen-bond acceptors (Lipinski definition) is 4. The number of carbonyl (C=O) groups excluding carboxylic acids is 3. The minimum absolute atomic E-state index is 0. The number of urea groups is 1. The summed E-state index contributed by atoms with van der Waals surface area (Å²) in [6.45, 7) is 6.81. The fourth-order valence-corrected chi connectivity index (χ4v) is 4.26. The Morgan fingerprint density at radius 3 is 2.37 bits per heavy atom. The predicted octanol–water partition coefficient (Wildman–Crippen LogP) is 1.79. The number of nitrogens with one attached hydrogen (secondary N) is 2. The van der Waals surface area contributed by atoms with Crippen LogP contribution in [0.4, 0.5) is 4.79 Å².